The molecule has 1 atom stereocenters. The molecule has 0 aliphatic rings. The van der Waals surface area contributed by atoms with Gasteiger partial charge in [0.25, 0.3) is 6.43 Å². The van der Waals surface area contributed by atoms with E-state index in [-0.39, 0.29) is 22.7 Å². The highest BCUT2D eigenvalue weighted by Gasteiger charge is 2.22. The van der Waals surface area contributed by atoms with Crippen molar-refractivity contribution in [2.75, 3.05) is 12.4 Å². The number of benzene rings is 1. The summed E-state index contributed by atoms with van der Waals surface area (Å²) < 4.78 is 41.5. The van der Waals surface area contributed by atoms with Gasteiger partial charge in [0, 0.05) is 6.07 Å². The Balaban J connectivity index is 2.98. The summed E-state index contributed by atoms with van der Waals surface area (Å²) in [6.45, 7) is 1.18. The van der Waals surface area contributed by atoms with Crippen LogP contribution in [0.1, 0.15) is 17.3 Å². The van der Waals surface area contributed by atoms with Crippen molar-refractivity contribution in [1.82, 2.24) is 5.32 Å². The van der Waals surface area contributed by atoms with Crippen molar-refractivity contribution in [2.45, 2.75) is 19.6 Å². The zero-order chi connectivity index (χ0) is 16.2. The number of phenols is 1. The standard InChI is InChI=1S/C12H13F3N2O4/c1-5(18)6-3-7(9(21-2)4-8(6)19)16-12(20)17-11(15)10(13)14/h3-4,10-11,19H,1-2H3,(H2,16,17,20). The number of phenolic OH excluding ortho intramolecular Hbond substituents is 1. The second-order valence-corrected chi connectivity index (χ2v) is 3.96. The van der Waals surface area contributed by atoms with E-state index in [4.69, 9.17) is 4.74 Å². The lowest BCUT2D eigenvalue weighted by Crippen LogP contribution is -2.39. The Hall–Kier alpha value is -2.45. The van der Waals surface area contributed by atoms with Crippen LogP contribution in [-0.2, 0) is 0 Å². The molecule has 0 fully saturated rings. The highest BCUT2D eigenvalue weighted by Crippen LogP contribution is 2.32. The number of halogens is 3. The highest BCUT2D eigenvalue weighted by molar-refractivity contribution is 6.00. The molecule has 1 unspecified atom stereocenters. The van der Waals surface area contributed by atoms with Gasteiger partial charge in [-0.3, -0.25) is 4.79 Å². The normalized spacial score (nSPS) is 11.9. The number of ketones is 1. The molecule has 0 spiro atoms. The maximum Gasteiger partial charge on any atom is 0.321 e. The van der Waals surface area contributed by atoms with Crippen LogP contribution < -0.4 is 15.4 Å². The number of alkyl halides is 3. The summed E-state index contributed by atoms with van der Waals surface area (Å²) in [4.78, 5) is 22.6. The lowest BCUT2D eigenvalue weighted by atomic mass is 10.1. The van der Waals surface area contributed by atoms with Crippen LogP contribution in [0.15, 0.2) is 12.1 Å². The third-order valence-electron chi connectivity index (χ3n) is 2.44. The third kappa shape index (κ3) is 4.26. The zero-order valence-electron chi connectivity index (χ0n) is 11.1. The smallest absolute Gasteiger partial charge is 0.321 e. The number of nitrogens with one attached hydrogen (secondary N) is 2. The Kier molecular flexibility index (Phi) is 5.39. The average Bonchev–Trinajstić information content (AvgIpc) is 2.39. The van der Waals surface area contributed by atoms with Gasteiger partial charge in [0.1, 0.15) is 11.5 Å². The molecule has 0 saturated heterocycles. The SMILES string of the molecule is COc1cc(O)c(C(C)=O)cc1NC(=O)NC(F)C(F)F. The van der Waals surface area contributed by atoms with E-state index < -0.39 is 24.5 Å². The largest absolute Gasteiger partial charge is 0.507 e. The molecule has 9 heteroatoms. The minimum Gasteiger partial charge on any atom is -0.507 e. The van der Waals surface area contributed by atoms with Crippen LogP contribution in [0.4, 0.5) is 23.7 Å². The first-order valence-corrected chi connectivity index (χ1v) is 5.68. The maximum atomic E-state index is 12.7. The van der Waals surface area contributed by atoms with E-state index in [0.29, 0.717) is 0 Å². The van der Waals surface area contributed by atoms with E-state index in [1.54, 1.807) is 0 Å². The van der Waals surface area contributed by atoms with Crippen LogP contribution in [0.3, 0.4) is 0 Å². The fraction of sp³-hybridized carbons (Fsp3) is 0.333. The molecular weight excluding hydrogens is 293 g/mol. The van der Waals surface area contributed by atoms with Gasteiger partial charge < -0.3 is 20.5 Å². The van der Waals surface area contributed by atoms with Gasteiger partial charge in [-0.1, -0.05) is 0 Å². The van der Waals surface area contributed by atoms with Gasteiger partial charge in [-0.25, -0.2) is 18.0 Å². The predicted molar refractivity (Wildman–Crippen MR) is 67.7 cm³/mol. The molecule has 0 bridgehead atoms. The van der Waals surface area contributed by atoms with Gasteiger partial charge in [-0.2, -0.15) is 0 Å². The number of Topliss-reactive ketones (excluding diaryl/α,β-unsaturated/α-hetero) is 1. The third-order valence-corrected chi connectivity index (χ3v) is 2.44. The van der Waals surface area contributed by atoms with E-state index in [1.165, 1.54) is 19.4 Å². The van der Waals surface area contributed by atoms with Crippen LogP contribution in [0.2, 0.25) is 0 Å². The molecule has 0 aliphatic carbocycles. The highest BCUT2D eigenvalue weighted by atomic mass is 19.3. The number of ether oxygens (including phenoxy) is 1. The van der Waals surface area contributed by atoms with Crippen LogP contribution in [0, 0.1) is 0 Å². The Bertz CT molecular complexity index is 552. The summed E-state index contributed by atoms with van der Waals surface area (Å²) in [5.74, 6) is -0.893. The average molecular weight is 306 g/mol. The minimum absolute atomic E-state index is 0.0277. The first-order valence-electron chi connectivity index (χ1n) is 5.68. The summed E-state index contributed by atoms with van der Waals surface area (Å²) in [7, 11) is 1.22. The van der Waals surface area contributed by atoms with Crippen molar-refractivity contribution < 1.29 is 32.6 Å². The topological polar surface area (TPSA) is 87.7 Å². The lowest BCUT2D eigenvalue weighted by molar-refractivity contribution is 0.0380. The number of aromatic hydroxyl groups is 1. The predicted octanol–water partition coefficient (Wildman–Crippen LogP) is 2.29. The second-order valence-electron chi connectivity index (χ2n) is 3.96. The molecular formula is C12H13F3N2O4. The van der Waals surface area contributed by atoms with Crippen LogP contribution in [0.25, 0.3) is 0 Å². The molecule has 0 heterocycles. The van der Waals surface area contributed by atoms with Crippen LogP contribution in [0.5, 0.6) is 11.5 Å². The Morgan fingerprint density at radius 1 is 1.29 bits per heavy atom. The lowest BCUT2D eigenvalue weighted by Gasteiger charge is -2.14. The van der Waals surface area contributed by atoms with Crippen molar-refractivity contribution in [3.63, 3.8) is 0 Å². The second kappa shape index (κ2) is 6.82. The first kappa shape index (κ1) is 16.6. The van der Waals surface area contributed by atoms with Crippen molar-refractivity contribution in [1.29, 1.82) is 0 Å². The molecule has 0 radical (unpaired) electrons. The van der Waals surface area contributed by atoms with Gasteiger partial charge in [0.2, 0.25) is 6.30 Å². The van der Waals surface area contributed by atoms with E-state index >= 15 is 0 Å². The number of rotatable bonds is 5. The molecule has 0 aromatic heterocycles. The van der Waals surface area contributed by atoms with Crippen molar-refractivity contribution in [3.05, 3.63) is 17.7 Å². The minimum atomic E-state index is -3.37. The zero-order valence-corrected chi connectivity index (χ0v) is 11.1. The molecule has 3 N–H and O–H groups in total. The molecule has 1 aromatic carbocycles. The molecule has 21 heavy (non-hydrogen) atoms. The Morgan fingerprint density at radius 3 is 2.38 bits per heavy atom. The van der Waals surface area contributed by atoms with E-state index in [2.05, 4.69) is 5.32 Å². The number of hydrogen-bond donors (Lipinski definition) is 3. The number of urea groups is 1. The van der Waals surface area contributed by atoms with Gasteiger partial charge >= 0.3 is 6.03 Å². The quantitative estimate of drug-likeness (QED) is 0.442. The molecule has 6 nitrogen and oxygen atoms in total. The van der Waals surface area contributed by atoms with Gasteiger partial charge in [-0.15, -0.1) is 0 Å². The number of amides is 2. The van der Waals surface area contributed by atoms with E-state index in [1.807, 2.05) is 0 Å². The molecule has 1 aromatic rings. The molecule has 116 valence electrons. The monoisotopic (exact) mass is 306 g/mol. The van der Waals surface area contributed by atoms with E-state index in [9.17, 15) is 27.9 Å². The summed E-state index contributed by atoms with van der Waals surface area (Å²) in [5, 5.41) is 13.0. The summed E-state index contributed by atoms with van der Waals surface area (Å²) in [5.41, 5.74) is -0.198. The number of hydrogen-bond acceptors (Lipinski definition) is 4. The Labute approximate surface area is 117 Å². The van der Waals surface area contributed by atoms with Crippen LogP contribution in [-0.4, -0.2) is 36.8 Å². The maximum absolute atomic E-state index is 12.7. The summed E-state index contributed by atoms with van der Waals surface area (Å²) in [6.07, 6.45) is -6.20. The molecule has 0 saturated carbocycles. The Morgan fingerprint density at radius 2 is 1.90 bits per heavy atom. The fourth-order valence-corrected chi connectivity index (χ4v) is 1.46. The van der Waals surface area contributed by atoms with Gasteiger partial charge in [0.15, 0.2) is 5.78 Å². The van der Waals surface area contributed by atoms with Gasteiger partial charge in [-0.05, 0) is 13.0 Å². The number of carbonyl (C=O) groups excluding carboxylic acids is 2. The van der Waals surface area contributed by atoms with Crippen LogP contribution >= 0.6 is 0 Å². The van der Waals surface area contributed by atoms with Crippen molar-refractivity contribution in [2.24, 2.45) is 0 Å². The number of anilines is 1. The van der Waals surface area contributed by atoms with Gasteiger partial charge in [0.05, 0.1) is 18.4 Å². The molecule has 0 aliphatic heterocycles. The van der Waals surface area contributed by atoms with Crippen molar-refractivity contribution >= 4 is 17.5 Å². The molecule has 2 amide bonds. The van der Waals surface area contributed by atoms with Crippen molar-refractivity contribution in [3.8, 4) is 11.5 Å². The fourth-order valence-electron chi connectivity index (χ4n) is 1.46. The molecule has 1 rings (SSSR count). The van der Waals surface area contributed by atoms with E-state index in [0.717, 1.165) is 12.1 Å². The summed E-state index contributed by atoms with van der Waals surface area (Å²) in [6, 6.07) is 0.902. The number of carbonyl (C=O) groups is 2. The summed E-state index contributed by atoms with van der Waals surface area (Å²) >= 11 is 0. The first-order chi connectivity index (χ1) is 9.76. The number of methoxy groups -OCH3 is 1.